The molecule has 0 atom stereocenters. The summed E-state index contributed by atoms with van der Waals surface area (Å²) < 4.78 is 5.52. The molecule has 1 aliphatic heterocycles. The Morgan fingerprint density at radius 1 is 1.13 bits per heavy atom. The van der Waals surface area contributed by atoms with E-state index in [0.29, 0.717) is 66.7 Å². The number of nitrogens with zero attached hydrogens (tertiary/aromatic N) is 6. The second-order valence-electron chi connectivity index (χ2n) is 10.9. The Balaban J connectivity index is 0.00000480. The highest BCUT2D eigenvalue weighted by atomic mass is 127. The first-order chi connectivity index (χ1) is 21.8. The van der Waals surface area contributed by atoms with E-state index in [-0.39, 0.29) is 41.1 Å². The number of hydrogen-bond donors (Lipinski definition) is 5. The van der Waals surface area contributed by atoms with Gasteiger partial charge in [0.05, 0.1) is 29.8 Å². The highest BCUT2D eigenvalue weighted by Crippen LogP contribution is 2.34. The van der Waals surface area contributed by atoms with Crippen LogP contribution in [0.5, 0.6) is 5.75 Å². The number of aromatic amines is 2. The van der Waals surface area contributed by atoms with Crippen molar-refractivity contribution in [3.8, 4) is 17.1 Å². The van der Waals surface area contributed by atoms with Crippen LogP contribution in [0.1, 0.15) is 27.3 Å². The van der Waals surface area contributed by atoms with Gasteiger partial charge in [-0.05, 0) is 45.3 Å². The number of piperazine rings is 1. The maximum atomic E-state index is 13.6. The zero-order valence-corrected chi connectivity index (χ0v) is 28.1. The topological polar surface area (TPSA) is 195 Å². The number of pyridine rings is 1. The number of carbonyl (C=O) groups excluding carboxylic acids is 3. The number of amides is 2. The molecule has 1 aromatic carbocycles. The maximum absolute atomic E-state index is 13.6. The molecule has 3 aromatic heterocycles. The predicted octanol–water partition coefficient (Wildman–Crippen LogP) is -2.90. The van der Waals surface area contributed by atoms with Gasteiger partial charge in [-0.2, -0.15) is 5.10 Å². The largest absolute Gasteiger partial charge is 1.00 e. The number of quaternary nitrogens is 1. The van der Waals surface area contributed by atoms with E-state index in [9.17, 15) is 14.4 Å². The number of hydrazone groups is 1. The van der Waals surface area contributed by atoms with Crippen LogP contribution in [0.4, 0.5) is 5.69 Å². The van der Waals surface area contributed by atoms with Gasteiger partial charge in [-0.3, -0.25) is 19.5 Å². The first kappa shape index (κ1) is 34.3. The van der Waals surface area contributed by atoms with E-state index in [4.69, 9.17) is 10.6 Å². The molecule has 0 unspecified atom stereocenters. The van der Waals surface area contributed by atoms with Gasteiger partial charge in [0.1, 0.15) is 28.5 Å². The molecule has 0 aliphatic carbocycles. The summed E-state index contributed by atoms with van der Waals surface area (Å²) in [5.74, 6) is 5.02. The molecule has 1 fully saturated rings. The van der Waals surface area contributed by atoms with Crippen molar-refractivity contribution in [3.63, 3.8) is 0 Å². The third-order valence-electron chi connectivity index (χ3n) is 7.58. The van der Waals surface area contributed by atoms with Crippen LogP contribution in [0.15, 0.2) is 53.9 Å². The van der Waals surface area contributed by atoms with Crippen molar-refractivity contribution in [2.24, 2.45) is 10.9 Å². The third-order valence-corrected chi connectivity index (χ3v) is 7.58. The van der Waals surface area contributed by atoms with Gasteiger partial charge in [-0.25, -0.2) is 10.3 Å². The minimum Gasteiger partial charge on any atom is -1.00 e. The zero-order chi connectivity index (χ0) is 31.9. The van der Waals surface area contributed by atoms with Crippen molar-refractivity contribution < 1.29 is 48.4 Å². The molecule has 0 spiro atoms. The molecule has 4 aromatic rings. The molecular weight excluding hydrogens is 705 g/mol. The summed E-state index contributed by atoms with van der Waals surface area (Å²) in [5.41, 5.74) is 2.66. The monoisotopic (exact) mass is 743 g/mol. The lowest BCUT2D eigenvalue weighted by molar-refractivity contribution is -0.456. The van der Waals surface area contributed by atoms with Crippen LogP contribution >= 0.6 is 0 Å². The van der Waals surface area contributed by atoms with Crippen LogP contribution < -0.4 is 45.2 Å². The molecule has 16 heteroatoms. The molecule has 4 heterocycles. The normalized spacial score (nSPS) is 13.5. The van der Waals surface area contributed by atoms with Crippen LogP contribution in [0.3, 0.4) is 0 Å². The van der Waals surface area contributed by atoms with Crippen LogP contribution in [0.2, 0.25) is 0 Å². The summed E-state index contributed by atoms with van der Waals surface area (Å²) in [4.78, 5) is 52.7. The Bertz CT molecular complexity index is 1700. The smallest absolute Gasteiger partial charge is 0.323 e. The fourth-order valence-electron chi connectivity index (χ4n) is 5.20. The number of nitrogens with two attached hydrogens (primary N) is 2. The first-order valence-corrected chi connectivity index (χ1v) is 14.6. The minimum absolute atomic E-state index is 0. The van der Waals surface area contributed by atoms with E-state index in [1.165, 1.54) is 24.4 Å². The molecule has 0 radical (unpaired) electrons. The lowest BCUT2D eigenvalue weighted by atomic mass is 10.1. The van der Waals surface area contributed by atoms with E-state index >= 15 is 0 Å². The van der Waals surface area contributed by atoms with Crippen molar-refractivity contribution >= 4 is 40.1 Å². The number of carbonyl (C=O) groups is 3. The molecular formula is C30H38IN11O4. The van der Waals surface area contributed by atoms with Gasteiger partial charge in [0.25, 0.3) is 17.6 Å². The number of ketones is 1. The fraction of sp³-hybridized carbons (Fsp3) is 0.333. The molecule has 5 rings (SSSR count). The lowest BCUT2D eigenvalue weighted by Gasteiger charge is -2.34. The standard InChI is InChI=1S/C30H37N11O4.HI/c1-39(2)11-7-10-32-28(43)22-16-21(37-38-22)25-26-24(23(45-3)18-34-25)20(17-33-26)27(42)29(44)40-12-14-41(15-13-40)30(36-31)35-19-8-5-4-6-9-19;/h4-6,8-9,16-18,33H,7,10-15,31H2,1-3H3,(H,32,43)(H,35,36)(H,37,38);1H. The Labute approximate surface area is 282 Å². The van der Waals surface area contributed by atoms with Gasteiger partial charge in [0.15, 0.2) is 0 Å². The van der Waals surface area contributed by atoms with E-state index in [2.05, 4.69) is 30.6 Å². The second-order valence-corrected chi connectivity index (χ2v) is 10.9. The van der Waals surface area contributed by atoms with Gasteiger partial charge in [0.2, 0.25) is 0 Å². The number of halogens is 1. The number of methoxy groups -OCH3 is 1. The molecule has 244 valence electrons. The summed E-state index contributed by atoms with van der Waals surface area (Å²) in [5, 5.41) is 16.1. The zero-order valence-electron chi connectivity index (χ0n) is 25.9. The molecule has 46 heavy (non-hydrogen) atoms. The molecule has 0 bridgehead atoms. The van der Waals surface area contributed by atoms with Crippen molar-refractivity contribution in [1.29, 1.82) is 0 Å². The van der Waals surface area contributed by atoms with E-state index in [1.807, 2.05) is 59.5 Å². The number of ether oxygens (including phenoxy) is 1. The van der Waals surface area contributed by atoms with Gasteiger partial charge in [-0.1, -0.05) is 18.2 Å². The summed E-state index contributed by atoms with van der Waals surface area (Å²) in [6, 6.07) is 11.3. The quantitative estimate of drug-likeness (QED) is 0.0130. The summed E-state index contributed by atoms with van der Waals surface area (Å²) in [6.45, 7) is 2.96. The average molecular weight is 744 g/mol. The first-order valence-electron chi connectivity index (χ1n) is 14.6. The van der Waals surface area contributed by atoms with Crippen molar-refractivity contribution in [2.75, 3.05) is 60.5 Å². The van der Waals surface area contributed by atoms with E-state index < -0.39 is 11.7 Å². The molecule has 1 aliphatic rings. The van der Waals surface area contributed by atoms with Crippen LogP contribution in [0, 0.1) is 0 Å². The molecule has 15 nitrogen and oxygen atoms in total. The number of hydrogen-bond acceptors (Lipinski definition) is 9. The van der Waals surface area contributed by atoms with E-state index in [1.54, 1.807) is 6.07 Å². The number of guanidine groups is 1. The number of Topliss-reactive ketones (excluding diaryl/α,β-unsaturated/α-hetero) is 1. The number of fused-ring (bicyclic) bond motifs is 1. The minimum atomic E-state index is -0.673. The Morgan fingerprint density at radius 3 is 2.52 bits per heavy atom. The Hall–Kier alpha value is -4.55. The summed E-state index contributed by atoms with van der Waals surface area (Å²) in [6.07, 6.45) is 3.76. The van der Waals surface area contributed by atoms with Crippen LogP contribution in [-0.2, 0) is 4.79 Å². The third kappa shape index (κ3) is 7.63. The molecule has 1 saturated heterocycles. The fourth-order valence-corrected chi connectivity index (χ4v) is 5.20. The number of H-pyrrole nitrogens is 2. The molecule has 7 N–H and O–H groups in total. The van der Waals surface area contributed by atoms with E-state index in [0.717, 1.165) is 18.7 Å². The number of rotatable bonds is 10. The number of benzene rings is 1. The van der Waals surface area contributed by atoms with Crippen molar-refractivity contribution in [3.05, 3.63) is 60.0 Å². The lowest BCUT2D eigenvalue weighted by Crippen LogP contribution is -3.00. The average Bonchev–Trinajstić information content (AvgIpc) is 3.74. The Kier molecular flexibility index (Phi) is 11.7. The number of aromatic nitrogens is 4. The van der Waals surface area contributed by atoms with Crippen LogP contribution in [0.25, 0.3) is 22.3 Å². The summed E-state index contributed by atoms with van der Waals surface area (Å²) >= 11 is 0. The Morgan fingerprint density at radius 2 is 1.85 bits per heavy atom. The van der Waals surface area contributed by atoms with Crippen LogP contribution in [-0.4, -0.2) is 119 Å². The highest BCUT2D eigenvalue weighted by molar-refractivity contribution is 6.45. The van der Waals surface area contributed by atoms with Crippen molar-refractivity contribution in [1.82, 2.24) is 40.2 Å². The molecule has 2 amide bonds. The second kappa shape index (κ2) is 15.6. The van der Waals surface area contributed by atoms with Gasteiger partial charge in [0, 0.05) is 38.9 Å². The SMILES string of the molecule is COc1cnc(-c2cc(C(=O)NCCCN(C)C)[nH]n2)c2[nH]cc(C(=O)C(=O)N3CCN(C(=NN)[NH2+]c4ccccc4)CC3)c12.[I-]. The maximum Gasteiger partial charge on any atom is 0.323 e. The van der Waals surface area contributed by atoms with Gasteiger partial charge < -0.3 is 59.6 Å². The number of para-hydroxylation sites is 1. The highest BCUT2D eigenvalue weighted by Gasteiger charge is 2.32. The van der Waals surface area contributed by atoms with Gasteiger partial charge >= 0.3 is 5.96 Å². The van der Waals surface area contributed by atoms with Crippen molar-refractivity contribution in [2.45, 2.75) is 6.42 Å². The number of nitrogens with one attached hydrogen (secondary N) is 3. The molecule has 0 saturated carbocycles. The summed E-state index contributed by atoms with van der Waals surface area (Å²) in [7, 11) is 5.42. The van der Waals surface area contributed by atoms with Gasteiger partial charge in [-0.15, -0.1) is 5.10 Å². The predicted molar refractivity (Wildman–Crippen MR) is 168 cm³/mol.